The minimum atomic E-state index is -0.454. The van der Waals surface area contributed by atoms with Crippen molar-refractivity contribution in [1.29, 1.82) is 0 Å². The average molecular weight is 395 g/mol. The van der Waals surface area contributed by atoms with Gasteiger partial charge in [0.05, 0.1) is 4.92 Å². The van der Waals surface area contributed by atoms with E-state index >= 15 is 0 Å². The highest BCUT2D eigenvalue weighted by molar-refractivity contribution is 5.91. The molecule has 1 saturated heterocycles. The zero-order valence-corrected chi connectivity index (χ0v) is 16.4. The first-order valence-corrected chi connectivity index (χ1v) is 9.64. The number of hydrogen-bond acceptors (Lipinski definition) is 5. The van der Waals surface area contributed by atoms with Gasteiger partial charge in [-0.1, -0.05) is 12.1 Å². The third kappa shape index (κ3) is 6.43. The van der Waals surface area contributed by atoms with Gasteiger partial charge in [-0.25, -0.2) is 0 Å². The standard InChI is InChI=1S/C22H25N3O4/c1-24-14-12-21(13-15-24)29-20-9-4-18(5-10-20)16-23-22(26)11-6-17-2-7-19(8-3-17)25(27)28/h2-11,21H,12-16H2,1H3,(H,23,26)/b11-6+. The van der Waals surface area contributed by atoms with Crippen LogP contribution in [-0.4, -0.2) is 42.0 Å². The van der Waals surface area contributed by atoms with E-state index < -0.39 is 4.92 Å². The maximum Gasteiger partial charge on any atom is 0.269 e. The largest absolute Gasteiger partial charge is 0.490 e. The molecule has 0 unspecified atom stereocenters. The normalized spacial score (nSPS) is 15.3. The maximum absolute atomic E-state index is 12.0. The average Bonchev–Trinajstić information content (AvgIpc) is 2.73. The number of piperidine rings is 1. The minimum absolute atomic E-state index is 0.0230. The van der Waals surface area contributed by atoms with Gasteiger partial charge in [-0.2, -0.15) is 0 Å². The number of nitrogens with one attached hydrogen (secondary N) is 1. The summed E-state index contributed by atoms with van der Waals surface area (Å²) in [6.45, 7) is 2.53. The number of rotatable bonds is 7. The van der Waals surface area contributed by atoms with Crippen molar-refractivity contribution >= 4 is 17.7 Å². The molecule has 1 fully saturated rings. The molecule has 1 N–H and O–H groups in total. The Morgan fingerprint density at radius 3 is 2.45 bits per heavy atom. The number of amides is 1. The Morgan fingerprint density at radius 2 is 1.83 bits per heavy atom. The van der Waals surface area contributed by atoms with Crippen LogP contribution in [0.2, 0.25) is 0 Å². The third-order valence-corrected chi connectivity index (χ3v) is 4.89. The maximum atomic E-state index is 12.0. The number of likely N-dealkylation sites (tertiary alicyclic amines) is 1. The molecule has 0 saturated carbocycles. The van der Waals surface area contributed by atoms with Gasteiger partial charge in [-0.05, 0) is 61.4 Å². The Hall–Kier alpha value is -3.19. The van der Waals surface area contributed by atoms with E-state index in [1.165, 1.54) is 18.2 Å². The summed E-state index contributed by atoms with van der Waals surface area (Å²) < 4.78 is 6.03. The predicted molar refractivity (Wildman–Crippen MR) is 112 cm³/mol. The molecular formula is C22H25N3O4. The first kappa shape index (κ1) is 20.5. The molecule has 152 valence electrons. The van der Waals surface area contributed by atoms with Crippen LogP contribution in [0.4, 0.5) is 5.69 Å². The predicted octanol–water partition coefficient (Wildman–Crippen LogP) is 3.40. The Balaban J connectivity index is 1.44. The fourth-order valence-electron chi connectivity index (χ4n) is 3.11. The van der Waals surface area contributed by atoms with Gasteiger partial charge in [0.25, 0.3) is 5.69 Å². The van der Waals surface area contributed by atoms with Crippen molar-refractivity contribution in [2.75, 3.05) is 20.1 Å². The topological polar surface area (TPSA) is 84.7 Å². The minimum Gasteiger partial charge on any atom is -0.490 e. The zero-order valence-electron chi connectivity index (χ0n) is 16.4. The van der Waals surface area contributed by atoms with Crippen molar-refractivity contribution in [2.45, 2.75) is 25.5 Å². The van der Waals surface area contributed by atoms with Crippen LogP contribution in [0.5, 0.6) is 5.75 Å². The Kier molecular flexibility index (Phi) is 6.97. The van der Waals surface area contributed by atoms with Crippen molar-refractivity contribution in [2.24, 2.45) is 0 Å². The number of non-ortho nitro benzene ring substituents is 1. The van der Waals surface area contributed by atoms with Crippen molar-refractivity contribution < 1.29 is 14.5 Å². The van der Waals surface area contributed by atoms with Crippen LogP contribution in [0.1, 0.15) is 24.0 Å². The van der Waals surface area contributed by atoms with E-state index in [2.05, 4.69) is 17.3 Å². The van der Waals surface area contributed by atoms with Crippen molar-refractivity contribution in [3.63, 3.8) is 0 Å². The Bertz CT molecular complexity index is 855. The summed E-state index contributed by atoms with van der Waals surface area (Å²) in [5.41, 5.74) is 1.73. The number of carbonyl (C=O) groups excluding carboxylic acids is 1. The molecule has 7 nitrogen and oxygen atoms in total. The van der Waals surface area contributed by atoms with Gasteiger partial charge in [-0.15, -0.1) is 0 Å². The summed E-state index contributed by atoms with van der Waals surface area (Å²) in [5, 5.41) is 13.5. The second kappa shape index (κ2) is 9.84. The summed E-state index contributed by atoms with van der Waals surface area (Å²) >= 11 is 0. The van der Waals surface area contributed by atoms with E-state index in [1.54, 1.807) is 18.2 Å². The molecule has 29 heavy (non-hydrogen) atoms. The summed E-state index contributed by atoms with van der Waals surface area (Å²) in [5.74, 6) is 0.628. The van der Waals surface area contributed by atoms with Crippen LogP contribution in [0.25, 0.3) is 6.08 Å². The van der Waals surface area contributed by atoms with E-state index in [4.69, 9.17) is 4.74 Å². The second-order valence-electron chi connectivity index (χ2n) is 7.16. The van der Waals surface area contributed by atoms with Crippen LogP contribution >= 0.6 is 0 Å². The highest BCUT2D eigenvalue weighted by atomic mass is 16.6. The van der Waals surface area contributed by atoms with Crippen LogP contribution in [0.15, 0.2) is 54.6 Å². The fourth-order valence-corrected chi connectivity index (χ4v) is 3.11. The number of ether oxygens (including phenoxy) is 1. The molecular weight excluding hydrogens is 370 g/mol. The van der Waals surface area contributed by atoms with Gasteiger partial charge in [0.1, 0.15) is 11.9 Å². The van der Waals surface area contributed by atoms with Crippen molar-refractivity contribution in [3.05, 3.63) is 75.8 Å². The SMILES string of the molecule is CN1CCC(Oc2ccc(CNC(=O)/C=C/c3ccc([N+](=O)[O-])cc3)cc2)CC1. The lowest BCUT2D eigenvalue weighted by molar-refractivity contribution is -0.384. The molecule has 2 aromatic carbocycles. The van der Waals surface area contributed by atoms with Crippen molar-refractivity contribution in [3.8, 4) is 5.75 Å². The number of nitro groups is 1. The van der Waals surface area contributed by atoms with E-state index in [9.17, 15) is 14.9 Å². The monoisotopic (exact) mass is 395 g/mol. The first-order chi connectivity index (χ1) is 14.0. The summed E-state index contributed by atoms with van der Waals surface area (Å²) in [7, 11) is 2.13. The zero-order chi connectivity index (χ0) is 20.6. The number of hydrogen-bond donors (Lipinski definition) is 1. The van der Waals surface area contributed by atoms with Crippen LogP contribution in [0.3, 0.4) is 0 Å². The molecule has 3 rings (SSSR count). The van der Waals surface area contributed by atoms with E-state index in [0.29, 0.717) is 6.54 Å². The quantitative estimate of drug-likeness (QED) is 0.441. The molecule has 1 aliphatic heterocycles. The molecule has 0 spiro atoms. The first-order valence-electron chi connectivity index (χ1n) is 9.64. The van der Waals surface area contributed by atoms with Gasteiger partial charge in [0, 0.05) is 37.8 Å². The molecule has 2 aromatic rings. The molecule has 0 radical (unpaired) electrons. The Morgan fingerprint density at radius 1 is 1.17 bits per heavy atom. The highest BCUT2D eigenvalue weighted by Gasteiger charge is 2.17. The molecule has 1 heterocycles. The van der Waals surface area contributed by atoms with Gasteiger partial charge in [0.2, 0.25) is 5.91 Å². The second-order valence-corrected chi connectivity index (χ2v) is 7.16. The number of nitro benzene ring substituents is 1. The van der Waals surface area contributed by atoms with Crippen LogP contribution in [0, 0.1) is 10.1 Å². The lowest BCUT2D eigenvalue weighted by Crippen LogP contribution is -2.35. The summed E-state index contributed by atoms with van der Waals surface area (Å²) in [4.78, 5) is 24.5. The summed E-state index contributed by atoms with van der Waals surface area (Å²) in [6.07, 6.45) is 5.38. The molecule has 1 aliphatic rings. The van der Waals surface area contributed by atoms with Crippen LogP contribution in [-0.2, 0) is 11.3 Å². The van der Waals surface area contributed by atoms with Gasteiger partial charge in [0.15, 0.2) is 0 Å². The third-order valence-electron chi connectivity index (χ3n) is 4.89. The smallest absolute Gasteiger partial charge is 0.269 e. The number of benzene rings is 2. The number of carbonyl (C=O) groups is 1. The molecule has 0 aliphatic carbocycles. The van der Waals surface area contributed by atoms with Gasteiger partial charge >= 0.3 is 0 Å². The molecule has 0 bridgehead atoms. The van der Waals surface area contributed by atoms with E-state index in [-0.39, 0.29) is 17.7 Å². The molecule has 0 aromatic heterocycles. The highest BCUT2D eigenvalue weighted by Crippen LogP contribution is 2.19. The lowest BCUT2D eigenvalue weighted by Gasteiger charge is -2.29. The number of nitrogens with zero attached hydrogens (tertiary/aromatic N) is 2. The Labute approximate surface area is 170 Å². The van der Waals surface area contributed by atoms with E-state index in [1.807, 2.05) is 24.3 Å². The van der Waals surface area contributed by atoms with Crippen LogP contribution < -0.4 is 10.1 Å². The lowest BCUT2D eigenvalue weighted by atomic mass is 10.1. The van der Waals surface area contributed by atoms with Gasteiger partial charge in [-0.3, -0.25) is 14.9 Å². The van der Waals surface area contributed by atoms with E-state index in [0.717, 1.165) is 42.8 Å². The van der Waals surface area contributed by atoms with Crippen molar-refractivity contribution in [1.82, 2.24) is 10.2 Å². The van der Waals surface area contributed by atoms with Gasteiger partial charge < -0.3 is 15.0 Å². The molecule has 0 atom stereocenters. The molecule has 1 amide bonds. The molecule has 7 heteroatoms. The summed E-state index contributed by atoms with van der Waals surface area (Å²) in [6, 6.07) is 13.8. The fraction of sp³-hybridized carbons (Fsp3) is 0.318.